The van der Waals surface area contributed by atoms with Gasteiger partial charge in [0.2, 0.25) is 0 Å². The molecule has 1 heteroatoms. The summed E-state index contributed by atoms with van der Waals surface area (Å²) in [4.78, 5) is 0. The van der Waals surface area contributed by atoms with Gasteiger partial charge in [-0.25, -0.2) is 0 Å². The second kappa shape index (κ2) is 5.16. The van der Waals surface area contributed by atoms with Gasteiger partial charge in [-0.05, 0) is 30.5 Å². The van der Waals surface area contributed by atoms with E-state index in [9.17, 15) is 0 Å². The molecule has 0 aromatic heterocycles. The van der Waals surface area contributed by atoms with Crippen LogP contribution in [0.4, 0.5) is 0 Å². The Morgan fingerprint density at radius 3 is 2.71 bits per heavy atom. The minimum atomic E-state index is -0.145. The van der Waals surface area contributed by atoms with Crippen molar-refractivity contribution in [2.24, 2.45) is 5.73 Å². The Balaban J connectivity index is 2.79. The van der Waals surface area contributed by atoms with Crippen molar-refractivity contribution in [3.8, 4) is 0 Å². The molecule has 1 atom stereocenters. The number of rotatable bonds is 5. The van der Waals surface area contributed by atoms with Crippen molar-refractivity contribution in [2.75, 3.05) is 0 Å². The molecule has 0 saturated carbocycles. The summed E-state index contributed by atoms with van der Waals surface area (Å²) in [7, 11) is 0. The average molecular weight is 190 g/mol. The third-order valence-electron chi connectivity index (χ3n) is 2.89. The van der Waals surface area contributed by atoms with E-state index in [0.29, 0.717) is 0 Å². The minimum Gasteiger partial charge on any atom is -0.321 e. The van der Waals surface area contributed by atoms with Gasteiger partial charge in [0.15, 0.2) is 0 Å². The van der Waals surface area contributed by atoms with Crippen molar-refractivity contribution in [3.63, 3.8) is 0 Å². The van der Waals surface area contributed by atoms with Gasteiger partial charge in [0.25, 0.3) is 0 Å². The number of hydrogen-bond donors (Lipinski definition) is 1. The van der Waals surface area contributed by atoms with Crippen LogP contribution < -0.4 is 5.73 Å². The molecule has 1 nitrogen and oxygen atoms in total. The summed E-state index contributed by atoms with van der Waals surface area (Å²) in [5.41, 5.74) is 7.46. The minimum absolute atomic E-state index is 0.145. The zero-order valence-electron chi connectivity index (χ0n) is 9.22. The topological polar surface area (TPSA) is 26.0 Å². The maximum atomic E-state index is 6.38. The molecule has 2 N–H and O–H groups in total. The maximum absolute atomic E-state index is 6.38. The second-order valence-electron chi connectivity index (χ2n) is 3.91. The molecule has 77 valence electrons. The molecule has 0 aliphatic rings. The molecule has 0 aliphatic heterocycles. The van der Waals surface area contributed by atoms with Crippen molar-refractivity contribution in [3.05, 3.63) is 35.9 Å². The van der Waals surface area contributed by atoms with E-state index in [1.54, 1.807) is 0 Å². The van der Waals surface area contributed by atoms with E-state index in [1.165, 1.54) is 18.4 Å². The molecule has 1 rings (SSSR count). The molecule has 0 saturated heterocycles. The van der Waals surface area contributed by atoms with Crippen LogP contribution in [0.5, 0.6) is 0 Å². The van der Waals surface area contributed by atoms with Crippen LogP contribution in [0, 0.1) is 6.07 Å². The molecule has 0 fully saturated rings. The highest BCUT2D eigenvalue weighted by atomic mass is 14.7. The van der Waals surface area contributed by atoms with E-state index in [-0.39, 0.29) is 5.54 Å². The largest absolute Gasteiger partial charge is 0.321 e. The number of benzene rings is 1. The maximum Gasteiger partial charge on any atom is 0.0407 e. The summed E-state index contributed by atoms with van der Waals surface area (Å²) in [6.07, 6.45) is 4.46. The van der Waals surface area contributed by atoms with Crippen LogP contribution in [0.1, 0.15) is 45.1 Å². The van der Waals surface area contributed by atoms with Gasteiger partial charge in [-0.15, -0.1) is 0 Å². The van der Waals surface area contributed by atoms with Crippen LogP contribution in [-0.2, 0) is 5.54 Å². The van der Waals surface area contributed by atoms with E-state index in [0.717, 1.165) is 12.8 Å². The zero-order chi connectivity index (χ0) is 10.4. The van der Waals surface area contributed by atoms with E-state index in [2.05, 4.69) is 26.0 Å². The lowest BCUT2D eigenvalue weighted by atomic mass is 9.84. The van der Waals surface area contributed by atoms with Crippen molar-refractivity contribution in [2.45, 2.75) is 45.1 Å². The fourth-order valence-corrected chi connectivity index (χ4v) is 1.72. The molecule has 1 radical (unpaired) electrons. The molecule has 0 heterocycles. The first-order valence-corrected chi connectivity index (χ1v) is 5.48. The smallest absolute Gasteiger partial charge is 0.0407 e. The highest BCUT2D eigenvalue weighted by molar-refractivity contribution is 5.22. The van der Waals surface area contributed by atoms with Crippen LogP contribution in [-0.4, -0.2) is 0 Å². The predicted molar refractivity (Wildman–Crippen MR) is 61.0 cm³/mol. The molecular formula is C13H20N. The van der Waals surface area contributed by atoms with Crippen molar-refractivity contribution >= 4 is 0 Å². The lowest BCUT2D eigenvalue weighted by Crippen LogP contribution is -2.35. The van der Waals surface area contributed by atoms with Gasteiger partial charge in [-0.1, -0.05) is 44.9 Å². The molecule has 1 aromatic carbocycles. The second-order valence-corrected chi connectivity index (χ2v) is 3.91. The van der Waals surface area contributed by atoms with Gasteiger partial charge in [0.05, 0.1) is 0 Å². The summed E-state index contributed by atoms with van der Waals surface area (Å²) >= 11 is 0. The third-order valence-corrected chi connectivity index (χ3v) is 2.89. The Morgan fingerprint density at radius 2 is 2.21 bits per heavy atom. The normalized spacial score (nSPS) is 15.1. The van der Waals surface area contributed by atoms with Gasteiger partial charge < -0.3 is 5.73 Å². The van der Waals surface area contributed by atoms with Gasteiger partial charge in [0.1, 0.15) is 0 Å². The van der Waals surface area contributed by atoms with Crippen LogP contribution >= 0.6 is 0 Å². The van der Waals surface area contributed by atoms with Crippen molar-refractivity contribution in [1.29, 1.82) is 0 Å². The Morgan fingerprint density at radius 1 is 1.43 bits per heavy atom. The zero-order valence-corrected chi connectivity index (χ0v) is 9.22. The molecule has 0 amide bonds. The third kappa shape index (κ3) is 2.58. The summed E-state index contributed by atoms with van der Waals surface area (Å²) in [6.45, 7) is 4.36. The molecule has 0 bridgehead atoms. The van der Waals surface area contributed by atoms with Gasteiger partial charge >= 0.3 is 0 Å². The summed E-state index contributed by atoms with van der Waals surface area (Å²) in [6, 6.07) is 11.1. The predicted octanol–water partition coefficient (Wildman–Crippen LogP) is 3.24. The highest BCUT2D eigenvalue weighted by Crippen LogP contribution is 2.27. The number of unbranched alkanes of at least 4 members (excludes halogenated alkanes) is 1. The summed E-state index contributed by atoms with van der Waals surface area (Å²) in [5.74, 6) is 0. The lowest BCUT2D eigenvalue weighted by Gasteiger charge is -2.28. The van der Waals surface area contributed by atoms with Gasteiger partial charge in [-0.3, -0.25) is 0 Å². The van der Waals surface area contributed by atoms with E-state index in [1.807, 2.05) is 18.2 Å². The molecule has 1 unspecified atom stereocenters. The summed E-state index contributed by atoms with van der Waals surface area (Å²) in [5, 5.41) is 0. The molecule has 0 aliphatic carbocycles. The fourth-order valence-electron chi connectivity index (χ4n) is 1.72. The number of nitrogens with two attached hydrogens (primary N) is 1. The fraction of sp³-hybridized carbons (Fsp3) is 0.538. The van der Waals surface area contributed by atoms with Crippen molar-refractivity contribution in [1.82, 2.24) is 0 Å². The van der Waals surface area contributed by atoms with Crippen LogP contribution in [0.25, 0.3) is 0 Å². The Labute approximate surface area is 87.3 Å². The SMILES string of the molecule is CCCCC(N)(CC)c1c[c]ccc1. The van der Waals surface area contributed by atoms with Gasteiger partial charge in [-0.2, -0.15) is 0 Å². The van der Waals surface area contributed by atoms with E-state index >= 15 is 0 Å². The van der Waals surface area contributed by atoms with E-state index in [4.69, 9.17) is 5.73 Å². The van der Waals surface area contributed by atoms with Crippen LogP contribution in [0.15, 0.2) is 24.3 Å². The molecule has 0 spiro atoms. The van der Waals surface area contributed by atoms with Crippen LogP contribution in [0.2, 0.25) is 0 Å². The number of hydrogen-bond acceptors (Lipinski definition) is 1. The first kappa shape index (κ1) is 11.3. The standard InChI is InChI=1S/C13H20N/c1-3-5-11-13(14,4-2)12-9-7-6-8-10-12/h6-7,9-10H,3-5,11,14H2,1-2H3. The van der Waals surface area contributed by atoms with Crippen LogP contribution in [0.3, 0.4) is 0 Å². The molecule has 1 aromatic rings. The lowest BCUT2D eigenvalue weighted by molar-refractivity contribution is 0.380. The first-order chi connectivity index (χ1) is 6.73. The Kier molecular flexibility index (Phi) is 4.15. The summed E-state index contributed by atoms with van der Waals surface area (Å²) < 4.78 is 0. The monoisotopic (exact) mass is 190 g/mol. The van der Waals surface area contributed by atoms with Gasteiger partial charge in [0, 0.05) is 5.54 Å². The highest BCUT2D eigenvalue weighted by Gasteiger charge is 2.23. The quantitative estimate of drug-likeness (QED) is 0.758. The first-order valence-electron chi connectivity index (χ1n) is 5.48. The Hall–Kier alpha value is -0.820. The van der Waals surface area contributed by atoms with Crippen molar-refractivity contribution < 1.29 is 0 Å². The molecular weight excluding hydrogens is 170 g/mol. The van der Waals surface area contributed by atoms with E-state index < -0.39 is 0 Å². The molecule has 14 heavy (non-hydrogen) atoms. The average Bonchev–Trinajstić information content (AvgIpc) is 2.27. The Bertz CT molecular complexity index is 255.